The Bertz CT molecular complexity index is 628. The van der Waals surface area contributed by atoms with E-state index < -0.39 is 0 Å². The molecule has 1 aromatic carbocycles. The zero-order valence-electron chi connectivity index (χ0n) is 12.3. The van der Waals surface area contributed by atoms with Crippen LogP contribution in [0.5, 0.6) is 5.75 Å². The zero-order valence-corrected chi connectivity index (χ0v) is 12.3. The number of ether oxygens (including phenoxy) is 2. The third-order valence-corrected chi connectivity index (χ3v) is 3.38. The summed E-state index contributed by atoms with van der Waals surface area (Å²) in [5.41, 5.74) is 7.77. The number of nitrogens with zero attached hydrogens (tertiary/aromatic N) is 1. The molecule has 21 heavy (non-hydrogen) atoms. The van der Waals surface area contributed by atoms with E-state index in [2.05, 4.69) is 9.72 Å². The predicted octanol–water partition coefficient (Wildman–Crippen LogP) is 2.07. The summed E-state index contributed by atoms with van der Waals surface area (Å²) >= 11 is 0. The highest BCUT2D eigenvalue weighted by Gasteiger charge is 2.10. The number of methoxy groups -OCH3 is 2. The molecule has 2 rings (SSSR count). The Labute approximate surface area is 124 Å². The molecule has 0 radical (unpaired) electrons. The lowest BCUT2D eigenvalue weighted by Crippen LogP contribution is -2.24. The maximum absolute atomic E-state index is 11.1. The van der Waals surface area contributed by atoms with Crippen molar-refractivity contribution in [1.82, 2.24) is 4.98 Å². The van der Waals surface area contributed by atoms with Gasteiger partial charge in [0.15, 0.2) is 0 Å². The van der Waals surface area contributed by atoms with Gasteiger partial charge in [-0.15, -0.1) is 0 Å². The van der Waals surface area contributed by atoms with Crippen LogP contribution in [-0.4, -0.2) is 31.2 Å². The number of fused-ring (bicyclic) bond motifs is 1. The molecule has 5 heteroatoms. The Kier molecular flexibility index (Phi) is 5.11. The zero-order chi connectivity index (χ0) is 15.2. The van der Waals surface area contributed by atoms with Gasteiger partial charge in [-0.3, -0.25) is 4.79 Å². The Hall–Kier alpha value is -2.14. The first-order chi connectivity index (χ1) is 10.1. The fraction of sp³-hybridized carbons (Fsp3) is 0.375. The SMILES string of the molecule is COC(=O)CCC(N)Cc1ccc2cccc(OC)c2n1. The summed E-state index contributed by atoms with van der Waals surface area (Å²) in [6, 6.07) is 9.66. The van der Waals surface area contributed by atoms with Crippen molar-refractivity contribution < 1.29 is 14.3 Å². The fourth-order valence-electron chi connectivity index (χ4n) is 2.21. The molecule has 1 heterocycles. The summed E-state index contributed by atoms with van der Waals surface area (Å²) in [4.78, 5) is 15.7. The van der Waals surface area contributed by atoms with Crippen molar-refractivity contribution >= 4 is 16.9 Å². The van der Waals surface area contributed by atoms with Gasteiger partial charge in [0.2, 0.25) is 0 Å². The molecule has 0 fully saturated rings. The highest BCUT2D eigenvalue weighted by molar-refractivity contribution is 5.84. The van der Waals surface area contributed by atoms with Crippen LogP contribution in [0.2, 0.25) is 0 Å². The lowest BCUT2D eigenvalue weighted by molar-refractivity contribution is -0.140. The van der Waals surface area contributed by atoms with Crippen molar-refractivity contribution in [3.8, 4) is 5.75 Å². The second kappa shape index (κ2) is 7.04. The first-order valence-corrected chi connectivity index (χ1v) is 6.89. The number of pyridine rings is 1. The van der Waals surface area contributed by atoms with E-state index in [1.165, 1.54) is 7.11 Å². The lowest BCUT2D eigenvalue weighted by Gasteiger charge is -2.11. The predicted molar refractivity (Wildman–Crippen MR) is 81.2 cm³/mol. The van der Waals surface area contributed by atoms with Crippen LogP contribution < -0.4 is 10.5 Å². The third-order valence-electron chi connectivity index (χ3n) is 3.38. The van der Waals surface area contributed by atoms with Crippen molar-refractivity contribution in [3.05, 3.63) is 36.0 Å². The van der Waals surface area contributed by atoms with Crippen molar-refractivity contribution in [2.24, 2.45) is 5.73 Å². The number of para-hydroxylation sites is 1. The Morgan fingerprint density at radius 1 is 1.29 bits per heavy atom. The van der Waals surface area contributed by atoms with E-state index in [9.17, 15) is 4.79 Å². The molecule has 0 spiro atoms. The van der Waals surface area contributed by atoms with Crippen molar-refractivity contribution in [2.75, 3.05) is 14.2 Å². The molecule has 1 aromatic heterocycles. The topological polar surface area (TPSA) is 74.4 Å². The molecule has 0 aliphatic heterocycles. The summed E-state index contributed by atoms with van der Waals surface area (Å²) in [5, 5.41) is 1.03. The van der Waals surface area contributed by atoms with Gasteiger partial charge in [-0.1, -0.05) is 18.2 Å². The third kappa shape index (κ3) is 3.92. The molecule has 5 nitrogen and oxygen atoms in total. The van der Waals surface area contributed by atoms with Crippen LogP contribution in [0, 0.1) is 0 Å². The van der Waals surface area contributed by atoms with Gasteiger partial charge in [0, 0.05) is 30.0 Å². The van der Waals surface area contributed by atoms with Gasteiger partial charge in [0.25, 0.3) is 0 Å². The summed E-state index contributed by atoms with van der Waals surface area (Å²) < 4.78 is 9.94. The minimum atomic E-state index is -0.237. The molecule has 0 saturated carbocycles. The van der Waals surface area contributed by atoms with Gasteiger partial charge < -0.3 is 15.2 Å². The maximum Gasteiger partial charge on any atom is 0.305 e. The van der Waals surface area contributed by atoms with Gasteiger partial charge >= 0.3 is 5.97 Å². The van der Waals surface area contributed by atoms with Gasteiger partial charge in [-0.05, 0) is 18.6 Å². The van der Waals surface area contributed by atoms with Crippen LogP contribution in [0.3, 0.4) is 0 Å². The van der Waals surface area contributed by atoms with E-state index in [1.54, 1.807) is 7.11 Å². The monoisotopic (exact) mass is 288 g/mol. The van der Waals surface area contributed by atoms with E-state index in [0.29, 0.717) is 19.3 Å². The number of aromatic nitrogens is 1. The van der Waals surface area contributed by atoms with E-state index in [-0.39, 0.29) is 12.0 Å². The normalized spacial score (nSPS) is 12.1. The molecule has 0 saturated heterocycles. The molecular formula is C16H20N2O3. The number of nitrogens with two attached hydrogens (primary N) is 1. The largest absolute Gasteiger partial charge is 0.494 e. The minimum Gasteiger partial charge on any atom is -0.494 e. The molecule has 0 aliphatic rings. The molecule has 2 aromatic rings. The van der Waals surface area contributed by atoms with E-state index in [4.69, 9.17) is 10.5 Å². The first kappa shape index (κ1) is 15.3. The Balaban J connectivity index is 2.10. The van der Waals surface area contributed by atoms with E-state index >= 15 is 0 Å². The molecule has 1 atom stereocenters. The second-order valence-corrected chi connectivity index (χ2v) is 4.91. The summed E-state index contributed by atoms with van der Waals surface area (Å²) in [7, 11) is 3.01. The quantitative estimate of drug-likeness (QED) is 0.824. The van der Waals surface area contributed by atoms with E-state index in [1.807, 2.05) is 30.3 Å². The Morgan fingerprint density at radius 2 is 2.10 bits per heavy atom. The van der Waals surface area contributed by atoms with Crippen molar-refractivity contribution in [2.45, 2.75) is 25.3 Å². The van der Waals surface area contributed by atoms with Crippen LogP contribution in [-0.2, 0) is 16.0 Å². The van der Waals surface area contributed by atoms with Crippen LogP contribution >= 0.6 is 0 Å². The molecule has 0 bridgehead atoms. The van der Waals surface area contributed by atoms with Crippen LogP contribution in [0.4, 0.5) is 0 Å². The van der Waals surface area contributed by atoms with Gasteiger partial charge in [-0.2, -0.15) is 0 Å². The smallest absolute Gasteiger partial charge is 0.305 e. The maximum atomic E-state index is 11.1. The summed E-state index contributed by atoms with van der Waals surface area (Å²) in [6.45, 7) is 0. The number of rotatable bonds is 6. The summed E-state index contributed by atoms with van der Waals surface area (Å²) in [6.07, 6.45) is 1.53. The van der Waals surface area contributed by atoms with E-state index in [0.717, 1.165) is 22.3 Å². The number of hydrogen-bond donors (Lipinski definition) is 1. The minimum absolute atomic E-state index is 0.122. The number of carbonyl (C=O) groups excluding carboxylic acids is 1. The van der Waals surface area contributed by atoms with Gasteiger partial charge in [-0.25, -0.2) is 4.98 Å². The molecule has 112 valence electrons. The number of hydrogen-bond acceptors (Lipinski definition) is 5. The molecular weight excluding hydrogens is 268 g/mol. The standard InChI is InChI=1S/C16H20N2O3/c1-20-14-5-3-4-11-6-8-13(18-16(11)14)10-12(17)7-9-15(19)21-2/h3-6,8,12H,7,9-10,17H2,1-2H3. The molecule has 0 amide bonds. The average molecular weight is 288 g/mol. The van der Waals surface area contributed by atoms with Gasteiger partial charge in [0.05, 0.1) is 14.2 Å². The molecule has 1 unspecified atom stereocenters. The van der Waals surface area contributed by atoms with Crippen LogP contribution in [0.25, 0.3) is 10.9 Å². The molecule has 0 aliphatic carbocycles. The second-order valence-electron chi connectivity index (χ2n) is 4.91. The number of benzene rings is 1. The average Bonchev–Trinajstić information content (AvgIpc) is 2.51. The molecule has 2 N–H and O–H groups in total. The van der Waals surface area contributed by atoms with Crippen molar-refractivity contribution in [1.29, 1.82) is 0 Å². The van der Waals surface area contributed by atoms with Crippen LogP contribution in [0.1, 0.15) is 18.5 Å². The van der Waals surface area contributed by atoms with Crippen LogP contribution in [0.15, 0.2) is 30.3 Å². The summed E-state index contributed by atoms with van der Waals surface area (Å²) in [5.74, 6) is 0.510. The number of esters is 1. The van der Waals surface area contributed by atoms with Gasteiger partial charge in [0.1, 0.15) is 11.3 Å². The Morgan fingerprint density at radius 3 is 2.81 bits per heavy atom. The van der Waals surface area contributed by atoms with Crippen molar-refractivity contribution in [3.63, 3.8) is 0 Å². The first-order valence-electron chi connectivity index (χ1n) is 6.89. The highest BCUT2D eigenvalue weighted by atomic mass is 16.5. The fourth-order valence-corrected chi connectivity index (χ4v) is 2.21. The highest BCUT2D eigenvalue weighted by Crippen LogP contribution is 2.23. The number of carbonyl (C=O) groups is 1. The lowest BCUT2D eigenvalue weighted by atomic mass is 10.1.